The van der Waals surface area contributed by atoms with Crippen LogP contribution in [-0.2, 0) is 13.0 Å². The van der Waals surface area contributed by atoms with E-state index in [0.717, 1.165) is 24.3 Å². The minimum absolute atomic E-state index is 0.237. The number of aromatic nitrogens is 2. The molecule has 6 nitrogen and oxygen atoms in total. The zero-order valence-corrected chi connectivity index (χ0v) is 15.2. The zero-order chi connectivity index (χ0) is 18.9. The quantitative estimate of drug-likeness (QED) is 0.644. The molecule has 1 heterocycles. The van der Waals surface area contributed by atoms with Crippen molar-refractivity contribution in [3.8, 4) is 5.75 Å². The first kappa shape index (κ1) is 18.4. The Morgan fingerprint density at radius 3 is 2.52 bits per heavy atom. The third-order valence-corrected chi connectivity index (χ3v) is 4.07. The second-order valence-electron chi connectivity index (χ2n) is 5.98. The van der Waals surface area contributed by atoms with Crippen molar-refractivity contribution in [2.45, 2.75) is 13.0 Å². The van der Waals surface area contributed by atoms with Crippen LogP contribution in [0.1, 0.15) is 21.6 Å². The number of carbonyl (C=O) groups excluding carboxylic acids is 1. The maximum Gasteiger partial charge on any atom is 0.270 e. The molecule has 0 saturated carbocycles. The third kappa shape index (κ3) is 5.54. The van der Waals surface area contributed by atoms with E-state index in [1.807, 2.05) is 42.5 Å². The Labute approximate surface area is 158 Å². The summed E-state index contributed by atoms with van der Waals surface area (Å²) in [5.41, 5.74) is 2.57. The minimum atomic E-state index is -0.237. The van der Waals surface area contributed by atoms with Gasteiger partial charge in [0.15, 0.2) is 0 Å². The highest BCUT2D eigenvalue weighted by atomic mass is 16.5. The molecule has 0 aliphatic rings. The van der Waals surface area contributed by atoms with Gasteiger partial charge >= 0.3 is 0 Å². The second-order valence-corrected chi connectivity index (χ2v) is 5.98. The molecule has 0 aliphatic heterocycles. The van der Waals surface area contributed by atoms with E-state index in [0.29, 0.717) is 18.1 Å². The van der Waals surface area contributed by atoms with E-state index < -0.39 is 0 Å². The molecule has 0 bridgehead atoms. The van der Waals surface area contributed by atoms with Crippen LogP contribution in [0.5, 0.6) is 5.75 Å². The predicted molar refractivity (Wildman–Crippen MR) is 105 cm³/mol. The van der Waals surface area contributed by atoms with Gasteiger partial charge in [0.2, 0.25) is 0 Å². The Morgan fingerprint density at radius 2 is 1.78 bits per heavy atom. The molecule has 0 saturated heterocycles. The summed E-state index contributed by atoms with van der Waals surface area (Å²) in [7, 11) is 1.62. The van der Waals surface area contributed by atoms with E-state index in [9.17, 15) is 4.79 Å². The SMILES string of the molecule is COc1ccc(CNC(=O)c2cc(NCCc3ccccc3)ncn2)cc1. The summed E-state index contributed by atoms with van der Waals surface area (Å²) in [5.74, 6) is 1.18. The van der Waals surface area contributed by atoms with Crippen molar-refractivity contribution in [2.24, 2.45) is 0 Å². The third-order valence-electron chi connectivity index (χ3n) is 4.07. The number of rotatable bonds is 8. The summed E-state index contributed by atoms with van der Waals surface area (Å²) in [6.45, 7) is 1.15. The topological polar surface area (TPSA) is 76.1 Å². The summed E-state index contributed by atoms with van der Waals surface area (Å²) in [4.78, 5) is 20.6. The van der Waals surface area contributed by atoms with Crippen LogP contribution >= 0.6 is 0 Å². The average Bonchev–Trinajstić information content (AvgIpc) is 2.73. The number of hydrogen-bond donors (Lipinski definition) is 2. The Hall–Kier alpha value is -3.41. The van der Waals surface area contributed by atoms with Crippen molar-refractivity contribution in [3.05, 3.63) is 83.8 Å². The zero-order valence-electron chi connectivity index (χ0n) is 15.2. The van der Waals surface area contributed by atoms with Crippen molar-refractivity contribution >= 4 is 11.7 Å². The summed E-state index contributed by atoms with van der Waals surface area (Å²) >= 11 is 0. The van der Waals surface area contributed by atoms with Crippen LogP contribution in [0, 0.1) is 0 Å². The maximum atomic E-state index is 12.3. The monoisotopic (exact) mass is 362 g/mol. The molecule has 0 radical (unpaired) electrons. The predicted octanol–water partition coefficient (Wildman–Crippen LogP) is 3.07. The van der Waals surface area contributed by atoms with Crippen molar-refractivity contribution in [1.29, 1.82) is 0 Å². The average molecular weight is 362 g/mol. The number of nitrogens with one attached hydrogen (secondary N) is 2. The van der Waals surface area contributed by atoms with Crippen LogP contribution in [0.2, 0.25) is 0 Å². The Kier molecular flexibility index (Phi) is 6.35. The van der Waals surface area contributed by atoms with Gasteiger partial charge in [0.1, 0.15) is 23.6 Å². The first-order valence-corrected chi connectivity index (χ1v) is 8.75. The number of hydrogen-bond acceptors (Lipinski definition) is 5. The molecule has 0 aliphatic carbocycles. The van der Waals surface area contributed by atoms with Crippen LogP contribution in [0.4, 0.5) is 5.82 Å². The van der Waals surface area contributed by atoms with Gasteiger partial charge < -0.3 is 15.4 Å². The van der Waals surface area contributed by atoms with E-state index >= 15 is 0 Å². The van der Waals surface area contributed by atoms with E-state index in [2.05, 4.69) is 32.7 Å². The van der Waals surface area contributed by atoms with Crippen molar-refractivity contribution in [3.63, 3.8) is 0 Å². The van der Waals surface area contributed by atoms with Crippen molar-refractivity contribution < 1.29 is 9.53 Å². The molecule has 0 fully saturated rings. The molecule has 27 heavy (non-hydrogen) atoms. The molecule has 1 aromatic heterocycles. The maximum absolute atomic E-state index is 12.3. The fourth-order valence-electron chi connectivity index (χ4n) is 2.57. The van der Waals surface area contributed by atoms with Gasteiger partial charge in [-0.05, 0) is 29.7 Å². The van der Waals surface area contributed by atoms with Gasteiger partial charge in [-0.15, -0.1) is 0 Å². The second kappa shape index (κ2) is 9.33. The molecule has 3 aromatic rings. The molecule has 2 aromatic carbocycles. The summed E-state index contributed by atoms with van der Waals surface area (Å²) in [5, 5.41) is 6.09. The van der Waals surface area contributed by atoms with Crippen molar-refractivity contribution in [1.82, 2.24) is 15.3 Å². The van der Waals surface area contributed by atoms with Crippen LogP contribution < -0.4 is 15.4 Å². The highest BCUT2D eigenvalue weighted by Gasteiger charge is 2.08. The molecule has 3 rings (SSSR count). The number of amides is 1. The van der Waals surface area contributed by atoms with Gasteiger partial charge in [0.25, 0.3) is 5.91 Å². The Balaban J connectivity index is 1.51. The van der Waals surface area contributed by atoms with E-state index in [-0.39, 0.29) is 5.91 Å². The van der Waals surface area contributed by atoms with Gasteiger partial charge in [-0.3, -0.25) is 4.79 Å². The fourth-order valence-corrected chi connectivity index (χ4v) is 2.57. The number of methoxy groups -OCH3 is 1. The molecular weight excluding hydrogens is 340 g/mol. The van der Waals surface area contributed by atoms with Crippen molar-refractivity contribution in [2.75, 3.05) is 19.0 Å². The summed E-state index contributed by atoms with van der Waals surface area (Å²) in [6.07, 6.45) is 2.27. The number of carbonyl (C=O) groups is 1. The lowest BCUT2D eigenvalue weighted by Gasteiger charge is -2.08. The number of benzene rings is 2. The molecule has 138 valence electrons. The Bertz CT molecular complexity index is 867. The summed E-state index contributed by atoms with van der Waals surface area (Å²) in [6, 6.07) is 19.4. The van der Waals surface area contributed by atoms with Gasteiger partial charge in [-0.25, -0.2) is 9.97 Å². The molecular formula is C21H22N4O2. The molecule has 0 spiro atoms. The highest BCUT2D eigenvalue weighted by molar-refractivity contribution is 5.92. The normalized spacial score (nSPS) is 10.3. The molecule has 1 amide bonds. The van der Waals surface area contributed by atoms with Gasteiger partial charge in [0.05, 0.1) is 7.11 Å². The van der Waals surface area contributed by atoms with Gasteiger partial charge in [0, 0.05) is 19.2 Å². The lowest BCUT2D eigenvalue weighted by molar-refractivity contribution is 0.0946. The molecule has 0 atom stereocenters. The lowest BCUT2D eigenvalue weighted by atomic mass is 10.1. The number of nitrogens with zero attached hydrogens (tertiary/aromatic N) is 2. The molecule has 6 heteroatoms. The van der Waals surface area contributed by atoms with E-state index in [1.165, 1.54) is 11.9 Å². The first-order valence-electron chi connectivity index (χ1n) is 8.75. The standard InChI is InChI=1S/C21H22N4O2/c1-27-18-9-7-17(8-10-18)14-23-21(26)19-13-20(25-15-24-19)22-12-11-16-5-3-2-4-6-16/h2-10,13,15H,11-12,14H2,1H3,(H,23,26)(H,22,24,25). The van der Waals surface area contributed by atoms with E-state index in [1.54, 1.807) is 13.2 Å². The lowest BCUT2D eigenvalue weighted by Crippen LogP contribution is -2.24. The Morgan fingerprint density at radius 1 is 1.00 bits per heavy atom. The summed E-state index contributed by atoms with van der Waals surface area (Å²) < 4.78 is 5.13. The van der Waals surface area contributed by atoms with Gasteiger partial charge in [-0.2, -0.15) is 0 Å². The van der Waals surface area contributed by atoms with E-state index in [4.69, 9.17) is 4.74 Å². The molecule has 2 N–H and O–H groups in total. The minimum Gasteiger partial charge on any atom is -0.497 e. The fraction of sp³-hybridized carbons (Fsp3) is 0.190. The molecule has 0 unspecified atom stereocenters. The van der Waals surface area contributed by atoms with Crippen LogP contribution in [0.25, 0.3) is 0 Å². The van der Waals surface area contributed by atoms with Crippen LogP contribution in [0.3, 0.4) is 0 Å². The number of anilines is 1. The smallest absolute Gasteiger partial charge is 0.270 e. The van der Waals surface area contributed by atoms with Crippen LogP contribution in [-0.4, -0.2) is 29.5 Å². The largest absolute Gasteiger partial charge is 0.497 e. The van der Waals surface area contributed by atoms with Crippen LogP contribution in [0.15, 0.2) is 67.0 Å². The number of ether oxygens (including phenoxy) is 1. The highest BCUT2D eigenvalue weighted by Crippen LogP contribution is 2.11. The van der Waals surface area contributed by atoms with Gasteiger partial charge in [-0.1, -0.05) is 42.5 Å². The first-order chi connectivity index (χ1) is 13.2.